The minimum atomic E-state index is -0.733. The molecule has 1 unspecified atom stereocenters. The molecule has 1 aromatic carbocycles. The van der Waals surface area contributed by atoms with Gasteiger partial charge in [0.05, 0.1) is 4.47 Å². The Morgan fingerprint density at radius 3 is 2.38 bits per heavy atom. The molecule has 1 aliphatic rings. The standard InChI is InChI=1S/C10H9BrF2N2O/c11-10-7(12)2-6(3-8(10)13)15-4-5(14)1-9(15)16/h2-3,5H,1,4,14H2. The second-order valence-corrected chi connectivity index (χ2v) is 4.48. The quantitative estimate of drug-likeness (QED) is 0.802. The number of hydrogen-bond acceptors (Lipinski definition) is 2. The van der Waals surface area contributed by atoms with Crippen LogP contribution in [-0.2, 0) is 4.79 Å². The molecule has 1 heterocycles. The predicted molar refractivity (Wildman–Crippen MR) is 59.0 cm³/mol. The van der Waals surface area contributed by atoms with Crippen LogP contribution in [0.2, 0.25) is 0 Å². The average Bonchev–Trinajstić information content (AvgIpc) is 2.53. The molecule has 0 spiro atoms. The van der Waals surface area contributed by atoms with Gasteiger partial charge in [0, 0.05) is 24.7 Å². The maximum Gasteiger partial charge on any atom is 0.228 e. The third-order valence-corrected chi connectivity index (χ3v) is 3.19. The van der Waals surface area contributed by atoms with Crippen molar-refractivity contribution in [3.63, 3.8) is 0 Å². The van der Waals surface area contributed by atoms with Crippen LogP contribution in [0, 0.1) is 11.6 Å². The summed E-state index contributed by atoms with van der Waals surface area (Å²) in [6, 6.07) is 1.95. The first-order valence-corrected chi connectivity index (χ1v) is 5.49. The Hall–Kier alpha value is -1.01. The van der Waals surface area contributed by atoms with Crippen LogP contribution in [0.4, 0.5) is 14.5 Å². The van der Waals surface area contributed by atoms with Crippen molar-refractivity contribution in [1.29, 1.82) is 0 Å². The van der Waals surface area contributed by atoms with E-state index in [2.05, 4.69) is 15.9 Å². The van der Waals surface area contributed by atoms with Crippen molar-refractivity contribution in [1.82, 2.24) is 0 Å². The zero-order valence-corrected chi connectivity index (χ0v) is 9.80. The van der Waals surface area contributed by atoms with Gasteiger partial charge in [-0.1, -0.05) is 0 Å². The maximum absolute atomic E-state index is 13.3. The minimum absolute atomic E-state index is 0.205. The van der Waals surface area contributed by atoms with Gasteiger partial charge in [-0.3, -0.25) is 4.79 Å². The fraction of sp³-hybridized carbons (Fsp3) is 0.300. The van der Waals surface area contributed by atoms with Crippen LogP contribution in [0.15, 0.2) is 16.6 Å². The SMILES string of the molecule is NC1CC(=O)N(c2cc(F)c(Br)c(F)c2)C1. The Morgan fingerprint density at radius 1 is 1.38 bits per heavy atom. The van der Waals surface area contributed by atoms with Gasteiger partial charge in [0.2, 0.25) is 5.91 Å². The molecule has 0 aliphatic carbocycles. The number of halogens is 3. The highest BCUT2D eigenvalue weighted by Gasteiger charge is 2.29. The van der Waals surface area contributed by atoms with Crippen LogP contribution in [0.25, 0.3) is 0 Å². The second-order valence-electron chi connectivity index (χ2n) is 3.69. The average molecular weight is 291 g/mol. The van der Waals surface area contributed by atoms with Gasteiger partial charge in [0.25, 0.3) is 0 Å². The summed E-state index contributed by atoms with van der Waals surface area (Å²) in [5.41, 5.74) is 5.80. The monoisotopic (exact) mass is 290 g/mol. The van der Waals surface area contributed by atoms with Crippen LogP contribution < -0.4 is 10.6 Å². The molecule has 1 fully saturated rings. The van der Waals surface area contributed by atoms with Crippen LogP contribution in [0.5, 0.6) is 0 Å². The predicted octanol–water partition coefficient (Wildman–Crippen LogP) is 1.79. The van der Waals surface area contributed by atoms with Gasteiger partial charge >= 0.3 is 0 Å². The summed E-state index contributed by atoms with van der Waals surface area (Å²) in [6.07, 6.45) is 0.208. The first kappa shape index (κ1) is 11.5. The molecule has 2 N–H and O–H groups in total. The van der Waals surface area contributed by atoms with E-state index in [4.69, 9.17) is 5.73 Å². The number of carbonyl (C=O) groups excluding carboxylic acids is 1. The molecule has 1 atom stereocenters. The van der Waals surface area contributed by atoms with Crippen molar-refractivity contribution in [2.75, 3.05) is 11.4 Å². The Balaban J connectivity index is 2.38. The van der Waals surface area contributed by atoms with E-state index in [1.807, 2.05) is 0 Å². The molecule has 6 heteroatoms. The summed E-state index contributed by atoms with van der Waals surface area (Å²) < 4.78 is 26.3. The van der Waals surface area contributed by atoms with Gasteiger partial charge in [0.1, 0.15) is 11.6 Å². The maximum atomic E-state index is 13.3. The molecule has 2 rings (SSSR count). The highest BCUT2D eigenvalue weighted by molar-refractivity contribution is 9.10. The number of benzene rings is 1. The molecule has 1 aliphatic heterocycles. The molecular weight excluding hydrogens is 282 g/mol. The molecule has 16 heavy (non-hydrogen) atoms. The van der Waals surface area contributed by atoms with Crippen LogP contribution >= 0.6 is 15.9 Å². The van der Waals surface area contributed by atoms with E-state index in [0.717, 1.165) is 12.1 Å². The molecule has 1 amide bonds. The number of amides is 1. The molecular formula is C10H9BrF2N2O. The van der Waals surface area contributed by atoms with E-state index >= 15 is 0 Å². The number of hydrogen-bond donors (Lipinski definition) is 1. The highest BCUT2D eigenvalue weighted by Crippen LogP contribution is 2.28. The van der Waals surface area contributed by atoms with Crippen molar-refractivity contribution >= 4 is 27.5 Å². The number of rotatable bonds is 1. The van der Waals surface area contributed by atoms with Gasteiger partial charge < -0.3 is 10.6 Å². The lowest BCUT2D eigenvalue weighted by molar-refractivity contribution is -0.117. The zero-order valence-electron chi connectivity index (χ0n) is 8.21. The van der Waals surface area contributed by atoms with Crippen molar-refractivity contribution < 1.29 is 13.6 Å². The summed E-state index contributed by atoms with van der Waals surface area (Å²) in [7, 11) is 0. The van der Waals surface area contributed by atoms with Crippen molar-refractivity contribution in [3.05, 3.63) is 28.2 Å². The summed E-state index contributed by atoms with van der Waals surface area (Å²) in [5, 5.41) is 0. The lowest BCUT2D eigenvalue weighted by atomic mass is 10.2. The first-order chi connectivity index (χ1) is 7.49. The highest BCUT2D eigenvalue weighted by atomic mass is 79.9. The molecule has 3 nitrogen and oxygen atoms in total. The van der Waals surface area contributed by atoms with Crippen LogP contribution in [0.3, 0.4) is 0 Å². The zero-order chi connectivity index (χ0) is 11.9. The van der Waals surface area contributed by atoms with Gasteiger partial charge in [-0.05, 0) is 28.1 Å². The van der Waals surface area contributed by atoms with E-state index < -0.39 is 11.6 Å². The smallest absolute Gasteiger partial charge is 0.228 e. The van der Waals surface area contributed by atoms with Gasteiger partial charge in [-0.25, -0.2) is 8.78 Å². The van der Waals surface area contributed by atoms with Crippen molar-refractivity contribution in [2.24, 2.45) is 5.73 Å². The number of carbonyl (C=O) groups is 1. The second kappa shape index (κ2) is 4.10. The van der Waals surface area contributed by atoms with E-state index in [0.29, 0.717) is 6.54 Å². The number of anilines is 1. The summed E-state index contributed by atoms with van der Waals surface area (Å²) in [6.45, 7) is 0.291. The Morgan fingerprint density at radius 2 is 1.94 bits per heavy atom. The fourth-order valence-electron chi connectivity index (χ4n) is 1.68. The minimum Gasteiger partial charge on any atom is -0.326 e. The number of nitrogens with zero attached hydrogens (tertiary/aromatic N) is 1. The molecule has 86 valence electrons. The molecule has 0 aromatic heterocycles. The lowest BCUT2D eigenvalue weighted by Gasteiger charge is -2.16. The van der Waals surface area contributed by atoms with Crippen molar-refractivity contribution in [3.8, 4) is 0 Å². The first-order valence-electron chi connectivity index (χ1n) is 4.69. The van der Waals surface area contributed by atoms with Gasteiger partial charge in [0.15, 0.2) is 0 Å². The topological polar surface area (TPSA) is 46.3 Å². The van der Waals surface area contributed by atoms with E-state index in [1.165, 1.54) is 4.90 Å². The van der Waals surface area contributed by atoms with E-state index in [-0.39, 0.29) is 28.5 Å². The lowest BCUT2D eigenvalue weighted by Crippen LogP contribution is -2.28. The third-order valence-electron chi connectivity index (χ3n) is 2.44. The van der Waals surface area contributed by atoms with Gasteiger partial charge in [-0.2, -0.15) is 0 Å². The summed E-state index contributed by atoms with van der Waals surface area (Å²) in [5.74, 6) is -1.68. The van der Waals surface area contributed by atoms with Crippen LogP contribution in [-0.4, -0.2) is 18.5 Å². The molecule has 0 radical (unpaired) electrons. The summed E-state index contributed by atoms with van der Waals surface area (Å²) >= 11 is 2.77. The molecule has 1 aromatic rings. The molecule has 0 saturated carbocycles. The van der Waals surface area contributed by atoms with Crippen molar-refractivity contribution in [2.45, 2.75) is 12.5 Å². The third kappa shape index (κ3) is 1.94. The van der Waals surface area contributed by atoms with E-state index in [9.17, 15) is 13.6 Å². The van der Waals surface area contributed by atoms with Crippen LogP contribution in [0.1, 0.15) is 6.42 Å². The number of nitrogens with two attached hydrogens (primary N) is 1. The Kier molecular flexibility index (Phi) is 2.94. The largest absolute Gasteiger partial charge is 0.326 e. The Bertz CT molecular complexity index is 429. The van der Waals surface area contributed by atoms with Gasteiger partial charge in [-0.15, -0.1) is 0 Å². The Labute approximate surface area is 99.3 Å². The molecule has 0 bridgehead atoms. The van der Waals surface area contributed by atoms with E-state index in [1.54, 1.807) is 0 Å². The normalized spacial score (nSPS) is 20.6. The fourth-order valence-corrected chi connectivity index (χ4v) is 1.91. The molecule has 1 saturated heterocycles. The summed E-state index contributed by atoms with van der Waals surface area (Å²) in [4.78, 5) is 12.8.